The molecule has 1 aromatic carbocycles. The van der Waals surface area contributed by atoms with Crippen LogP contribution < -0.4 is 5.32 Å². The Hall–Kier alpha value is -1.84. The van der Waals surface area contributed by atoms with Crippen LogP contribution in [0.3, 0.4) is 0 Å². The van der Waals surface area contributed by atoms with Gasteiger partial charge < -0.3 is 10.1 Å². The zero-order valence-corrected chi connectivity index (χ0v) is 10.2. The lowest BCUT2D eigenvalue weighted by molar-refractivity contribution is -0.152. The summed E-state index contributed by atoms with van der Waals surface area (Å²) >= 11 is 0. The Balaban J connectivity index is 2.57. The topological polar surface area (TPSA) is 55.4 Å². The van der Waals surface area contributed by atoms with Crippen LogP contribution in [0, 0.1) is 0 Å². The standard InChI is InChI=1S/C13H17NO3/c1-3-5-10-6-8-11(9-7-10)14-12(15)13(16)17-4-2/h6-9H,3-5H2,1-2H3,(H,14,15). The first-order chi connectivity index (χ1) is 8.17. The lowest BCUT2D eigenvalue weighted by atomic mass is 10.1. The fourth-order valence-corrected chi connectivity index (χ4v) is 1.42. The normalized spacial score (nSPS) is 9.76. The van der Waals surface area contributed by atoms with Crippen LogP contribution in [0.5, 0.6) is 0 Å². The van der Waals surface area contributed by atoms with Crippen LogP contribution in [0.15, 0.2) is 24.3 Å². The Morgan fingerprint density at radius 1 is 1.18 bits per heavy atom. The number of esters is 1. The third-order valence-electron chi connectivity index (χ3n) is 2.21. The van der Waals surface area contributed by atoms with Gasteiger partial charge in [0.2, 0.25) is 0 Å². The molecule has 0 saturated heterocycles. The smallest absolute Gasteiger partial charge is 0.397 e. The van der Waals surface area contributed by atoms with Crippen molar-refractivity contribution in [3.8, 4) is 0 Å². The zero-order valence-electron chi connectivity index (χ0n) is 10.2. The molecule has 4 nitrogen and oxygen atoms in total. The highest BCUT2D eigenvalue weighted by atomic mass is 16.5. The van der Waals surface area contributed by atoms with Gasteiger partial charge >= 0.3 is 11.9 Å². The van der Waals surface area contributed by atoms with Crippen molar-refractivity contribution < 1.29 is 14.3 Å². The van der Waals surface area contributed by atoms with Crippen molar-refractivity contribution in [2.24, 2.45) is 0 Å². The van der Waals surface area contributed by atoms with Gasteiger partial charge in [0, 0.05) is 5.69 Å². The number of ether oxygens (including phenoxy) is 1. The molecule has 0 saturated carbocycles. The number of carbonyl (C=O) groups is 2. The Bertz CT molecular complexity index is 384. The fraction of sp³-hybridized carbons (Fsp3) is 0.385. The van der Waals surface area contributed by atoms with Crippen molar-refractivity contribution in [1.29, 1.82) is 0 Å². The second-order valence-electron chi connectivity index (χ2n) is 3.62. The molecule has 0 aliphatic carbocycles. The van der Waals surface area contributed by atoms with E-state index in [2.05, 4.69) is 17.0 Å². The largest absolute Gasteiger partial charge is 0.459 e. The minimum Gasteiger partial charge on any atom is -0.459 e. The van der Waals surface area contributed by atoms with E-state index in [-0.39, 0.29) is 6.61 Å². The van der Waals surface area contributed by atoms with E-state index < -0.39 is 11.9 Å². The van der Waals surface area contributed by atoms with Crippen molar-refractivity contribution in [2.45, 2.75) is 26.7 Å². The van der Waals surface area contributed by atoms with Crippen LogP contribution in [-0.2, 0) is 20.7 Å². The lowest BCUT2D eigenvalue weighted by Gasteiger charge is -2.05. The van der Waals surface area contributed by atoms with Gasteiger partial charge in [-0.25, -0.2) is 4.79 Å². The van der Waals surface area contributed by atoms with E-state index in [0.29, 0.717) is 5.69 Å². The molecule has 0 heterocycles. The molecule has 0 spiro atoms. The summed E-state index contributed by atoms with van der Waals surface area (Å²) in [5.41, 5.74) is 1.81. The number of anilines is 1. The van der Waals surface area contributed by atoms with Crippen LogP contribution in [0.4, 0.5) is 5.69 Å². The molecule has 4 heteroatoms. The highest BCUT2D eigenvalue weighted by Gasteiger charge is 2.14. The Kier molecular flexibility index (Phi) is 5.20. The van der Waals surface area contributed by atoms with Gasteiger partial charge in [-0.05, 0) is 31.0 Å². The number of benzene rings is 1. The molecule has 0 aliphatic rings. The Labute approximate surface area is 101 Å². The maximum Gasteiger partial charge on any atom is 0.397 e. The third-order valence-corrected chi connectivity index (χ3v) is 2.21. The molecule has 0 bridgehead atoms. The monoisotopic (exact) mass is 235 g/mol. The van der Waals surface area contributed by atoms with Gasteiger partial charge in [-0.15, -0.1) is 0 Å². The average Bonchev–Trinajstić information content (AvgIpc) is 2.32. The molecule has 0 unspecified atom stereocenters. The van der Waals surface area contributed by atoms with Crippen LogP contribution in [0.1, 0.15) is 25.8 Å². The number of nitrogens with one attached hydrogen (secondary N) is 1. The molecule has 92 valence electrons. The number of aryl methyl sites for hydroxylation is 1. The quantitative estimate of drug-likeness (QED) is 0.642. The number of hydrogen-bond acceptors (Lipinski definition) is 3. The van der Waals surface area contributed by atoms with Gasteiger partial charge in [0.15, 0.2) is 0 Å². The molecule has 17 heavy (non-hydrogen) atoms. The van der Waals surface area contributed by atoms with Gasteiger partial charge in [0.05, 0.1) is 6.61 Å². The summed E-state index contributed by atoms with van der Waals surface area (Å²) in [5, 5.41) is 2.48. The van der Waals surface area contributed by atoms with E-state index >= 15 is 0 Å². The summed E-state index contributed by atoms with van der Waals surface area (Å²) in [4.78, 5) is 22.4. The number of rotatable bonds is 4. The number of hydrogen-bond donors (Lipinski definition) is 1. The van der Waals surface area contributed by atoms with Crippen LogP contribution in [0.2, 0.25) is 0 Å². The van der Waals surface area contributed by atoms with E-state index in [9.17, 15) is 9.59 Å². The van der Waals surface area contributed by atoms with E-state index in [1.165, 1.54) is 5.56 Å². The Morgan fingerprint density at radius 3 is 2.35 bits per heavy atom. The molecular weight excluding hydrogens is 218 g/mol. The van der Waals surface area contributed by atoms with Crippen molar-refractivity contribution in [2.75, 3.05) is 11.9 Å². The predicted octanol–water partition coefficient (Wildman–Crippen LogP) is 2.14. The Morgan fingerprint density at radius 2 is 1.82 bits per heavy atom. The van der Waals surface area contributed by atoms with E-state index in [1.54, 1.807) is 19.1 Å². The maximum absolute atomic E-state index is 11.3. The van der Waals surface area contributed by atoms with Crippen LogP contribution >= 0.6 is 0 Å². The molecule has 1 amide bonds. The van der Waals surface area contributed by atoms with Crippen LogP contribution in [-0.4, -0.2) is 18.5 Å². The molecule has 0 aliphatic heterocycles. The van der Waals surface area contributed by atoms with E-state index in [0.717, 1.165) is 12.8 Å². The second kappa shape index (κ2) is 6.68. The molecule has 1 aromatic rings. The summed E-state index contributed by atoms with van der Waals surface area (Å²) in [7, 11) is 0. The summed E-state index contributed by atoms with van der Waals surface area (Å²) in [6, 6.07) is 7.43. The highest BCUT2D eigenvalue weighted by Crippen LogP contribution is 2.10. The third kappa shape index (κ3) is 4.26. The summed E-state index contributed by atoms with van der Waals surface area (Å²) < 4.78 is 4.59. The van der Waals surface area contributed by atoms with Crippen molar-refractivity contribution in [3.05, 3.63) is 29.8 Å². The summed E-state index contributed by atoms with van der Waals surface area (Å²) in [6.07, 6.45) is 2.08. The van der Waals surface area contributed by atoms with Gasteiger partial charge in [0.25, 0.3) is 0 Å². The SMILES string of the molecule is CCCc1ccc(NC(=O)C(=O)OCC)cc1. The van der Waals surface area contributed by atoms with E-state index in [1.807, 2.05) is 12.1 Å². The first-order valence-electron chi connectivity index (χ1n) is 5.74. The molecule has 0 atom stereocenters. The molecular formula is C13H17NO3. The van der Waals surface area contributed by atoms with Crippen molar-refractivity contribution >= 4 is 17.6 Å². The summed E-state index contributed by atoms with van der Waals surface area (Å²) in [5.74, 6) is -1.60. The lowest BCUT2D eigenvalue weighted by Crippen LogP contribution is -2.24. The second-order valence-corrected chi connectivity index (χ2v) is 3.62. The minimum absolute atomic E-state index is 0.196. The zero-order chi connectivity index (χ0) is 12.7. The summed E-state index contributed by atoms with van der Waals surface area (Å²) in [6.45, 7) is 3.96. The van der Waals surface area contributed by atoms with Gasteiger partial charge in [-0.2, -0.15) is 0 Å². The molecule has 1 N–H and O–H groups in total. The fourth-order valence-electron chi connectivity index (χ4n) is 1.42. The molecule has 1 rings (SSSR count). The maximum atomic E-state index is 11.3. The molecule has 0 radical (unpaired) electrons. The van der Waals surface area contributed by atoms with E-state index in [4.69, 9.17) is 0 Å². The first-order valence-corrected chi connectivity index (χ1v) is 5.74. The minimum atomic E-state index is -0.856. The van der Waals surface area contributed by atoms with Crippen LogP contribution in [0.25, 0.3) is 0 Å². The van der Waals surface area contributed by atoms with Gasteiger partial charge in [0.1, 0.15) is 0 Å². The first kappa shape index (κ1) is 13.2. The number of carbonyl (C=O) groups excluding carboxylic acids is 2. The van der Waals surface area contributed by atoms with Crippen molar-refractivity contribution in [3.63, 3.8) is 0 Å². The molecule has 0 fully saturated rings. The van der Waals surface area contributed by atoms with Crippen molar-refractivity contribution in [1.82, 2.24) is 0 Å². The predicted molar refractivity (Wildman–Crippen MR) is 65.7 cm³/mol. The average molecular weight is 235 g/mol. The van der Waals surface area contributed by atoms with Gasteiger partial charge in [-0.1, -0.05) is 25.5 Å². The number of amides is 1. The highest BCUT2D eigenvalue weighted by molar-refractivity contribution is 6.37. The molecule has 0 aromatic heterocycles. The van der Waals surface area contributed by atoms with Gasteiger partial charge in [-0.3, -0.25) is 4.79 Å².